The molecule has 0 saturated carbocycles. The van der Waals surface area contributed by atoms with Crippen LogP contribution in [0.4, 0.5) is 0 Å². The van der Waals surface area contributed by atoms with Crippen LogP contribution in [0.5, 0.6) is 5.75 Å². The van der Waals surface area contributed by atoms with Crippen molar-refractivity contribution in [1.82, 2.24) is 4.90 Å². The zero-order valence-electron chi connectivity index (χ0n) is 14.6. The average molecular weight is 344 g/mol. The lowest BCUT2D eigenvalue weighted by atomic mass is 10.0. The van der Waals surface area contributed by atoms with Gasteiger partial charge in [-0.1, -0.05) is 32.0 Å². The summed E-state index contributed by atoms with van der Waals surface area (Å²) in [6.07, 6.45) is -0.502. The van der Waals surface area contributed by atoms with Crippen molar-refractivity contribution in [2.24, 2.45) is 0 Å². The zero-order chi connectivity index (χ0) is 16.2. The van der Waals surface area contributed by atoms with Crippen LogP contribution < -0.4 is 4.74 Å². The number of morpholine rings is 1. The van der Waals surface area contributed by atoms with Crippen molar-refractivity contribution in [1.29, 1.82) is 0 Å². The molecule has 0 amide bonds. The molecule has 0 spiro atoms. The highest BCUT2D eigenvalue weighted by Gasteiger charge is 2.31. The molecular weight excluding hydrogens is 314 g/mol. The number of nitrogens with zero attached hydrogens (tertiary/aromatic N) is 1. The van der Waals surface area contributed by atoms with Crippen LogP contribution in [0, 0.1) is 0 Å². The second kappa shape index (κ2) is 8.88. The van der Waals surface area contributed by atoms with E-state index < -0.39 is 6.10 Å². The summed E-state index contributed by atoms with van der Waals surface area (Å²) in [7, 11) is 0. The Hall–Kier alpha value is -0.810. The van der Waals surface area contributed by atoms with E-state index in [0.29, 0.717) is 25.7 Å². The van der Waals surface area contributed by atoms with Crippen LogP contribution >= 0.6 is 12.4 Å². The fourth-order valence-corrected chi connectivity index (χ4v) is 2.81. The molecule has 1 aliphatic heterocycles. The van der Waals surface area contributed by atoms with Gasteiger partial charge in [-0.05, 0) is 31.4 Å². The smallest absolute Gasteiger partial charge is 0.122 e. The van der Waals surface area contributed by atoms with E-state index in [1.54, 1.807) is 0 Å². The van der Waals surface area contributed by atoms with Crippen molar-refractivity contribution in [3.8, 4) is 5.75 Å². The van der Waals surface area contributed by atoms with Crippen molar-refractivity contribution >= 4 is 12.4 Å². The summed E-state index contributed by atoms with van der Waals surface area (Å²) >= 11 is 0. The Morgan fingerprint density at radius 2 is 2.00 bits per heavy atom. The number of benzene rings is 1. The van der Waals surface area contributed by atoms with Crippen molar-refractivity contribution in [3.05, 3.63) is 29.8 Å². The molecule has 0 bridgehead atoms. The van der Waals surface area contributed by atoms with Gasteiger partial charge in [0.25, 0.3) is 0 Å². The maximum atomic E-state index is 10.3. The summed E-state index contributed by atoms with van der Waals surface area (Å²) in [5, 5.41) is 10.3. The number of β-amino-alcohol motifs (C(OH)–C–C–N with tert-alkyl or cyclic N) is 1. The molecule has 132 valence electrons. The number of halogens is 1. The largest absolute Gasteiger partial charge is 0.491 e. The molecule has 1 aromatic carbocycles. The highest BCUT2D eigenvalue weighted by atomic mass is 35.5. The van der Waals surface area contributed by atoms with Gasteiger partial charge in [0.15, 0.2) is 0 Å². The topological polar surface area (TPSA) is 41.9 Å². The first-order valence-electron chi connectivity index (χ1n) is 8.13. The number of aliphatic hydroxyl groups excluding tert-OH is 1. The van der Waals surface area contributed by atoms with E-state index in [9.17, 15) is 5.11 Å². The van der Waals surface area contributed by atoms with Crippen molar-refractivity contribution < 1.29 is 14.6 Å². The minimum absolute atomic E-state index is 0. The Morgan fingerprint density at radius 1 is 1.30 bits per heavy atom. The third kappa shape index (κ3) is 5.64. The molecule has 1 atom stereocenters. The number of hydrogen-bond acceptors (Lipinski definition) is 4. The number of ether oxygens (including phenoxy) is 2. The summed E-state index contributed by atoms with van der Waals surface area (Å²) in [5.74, 6) is 1.28. The van der Waals surface area contributed by atoms with Gasteiger partial charge in [0.1, 0.15) is 18.5 Å². The normalized spacial score (nSPS) is 19.2. The summed E-state index contributed by atoms with van der Waals surface area (Å²) < 4.78 is 11.4. The average Bonchev–Trinajstić information content (AvgIpc) is 2.47. The Morgan fingerprint density at radius 3 is 2.65 bits per heavy atom. The Kier molecular flexibility index (Phi) is 7.81. The van der Waals surface area contributed by atoms with Crippen LogP contribution in [0.1, 0.15) is 39.2 Å². The molecular formula is C18H30ClNO3. The predicted octanol–water partition coefficient (Wildman–Crippen LogP) is 3.08. The molecule has 4 nitrogen and oxygen atoms in total. The Balaban J connectivity index is 0.00000264. The molecule has 0 radical (unpaired) electrons. The molecule has 1 aliphatic rings. The molecule has 1 unspecified atom stereocenters. The number of hydrogen-bond donors (Lipinski definition) is 1. The standard InChI is InChI=1S/C18H29NO3.ClH/c1-14(2)16-7-5-6-8-17(16)22-12-15(20)11-19-9-10-21-13-18(19,3)4;/h5-8,14-15,20H,9-13H2,1-4H3;1H. The van der Waals surface area contributed by atoms with Crippen molar-refractivity contribution in [3.63, 3.8) is 0 Å². The van der Waals surface area contributed by atoms with E-state index in [0.717, 1.165) is 18.9 Å². The quantitative estimate of drug-likeness (QED) is 0.862. The fourth-order valence-electron chi connectivity index (χ4n) is 2.81. The van der Waals surface area contributed by atoms with Gasteiger partial charge in [-0.2, -0.15) is 0 Å². The van der Waals surface area contributed by atoms with E-state index in [-0.39, 0.29) is 17.9 Å². The van der Waals surface area contributed by atoms with E-state index in [1.807, 2.05) is 18.2 Å². The third-order valence-electron chi connectivity index (χ3n) is 4.22. The van der Waals surface area contributed by atoms with E-state index in [4.69, 9.17) is 9.47 Å². The summed E-state index contributed by atoms with van der Waals surface area (Å²) in [4.78, 5) is 2.28. The lowest BCUT2D eigenvalue weighted by molar-refractivity contribution is -0.0703. The van der Waals surface area contributed by atoms with Crippen LogP contribution in [0.3, 0.4) is 0 Å². The second-order valence-electron chi connectivity index (χ2n) is 6.97. The van der Waals surface area contributed by atoms with Gasteiger partial charge in [-0.3, -0.25) is 4.90 Å². The molecule has 23 heavy (non-hydrogen) atoms. The molecule has 0 aliphatic carbocycles. The molecule has 2 rings (SSSR count). The van der Waals surface area contributed by atoms with Crippen LogP contribution in [0.25, 0.3) is 0 Å². The van der Waals surface area contributed by atoms with Crippen molar-refractivity contribution in [2.45, 2.75) is 45.3 Å². The van der Waals surface area contributed by atoms with Gasteiger partial charge < -0.3 is 14.6 Å². The molecule has 1 heterocycles. The van der Waals surface area contributed by atoms with Gasteiger partial charge in [0, 0.05) is 18.6 Å². The van der Waals surface area contributed by atoms with Gasteiger partial charge in [0.05, 0.1) is 13.2 Å². The maximum Gasteiger partial charge on any atom is 0.122 e. The molecule has 1 fully saturated rings. The van der Waals surface area contributed by atoms with Crippen LogP contribution in [-0.4, -0.2) is 54.6 Å². The molecule has 0 aromatic heterocycles. The molecule has 1 N–H and O–H groups in total. The molecule has 1 saturated heterocycles. The first-order chi connectivity index (χ1) is 10.4. The SMILES string of the molecule is CC(C)c1ccccc1OCC(O)CN1CCOCC1(C)C.Cl. The van der Waals surface area contributed by atoms with Gasteiger partial charge in [-0.25, -0.2) is 0 Å². The first kappa shape index (κ1) is 20.2. The minimum atomic E-state index is -0.502. The van der Waals surface area contributed by atoms with E-state index >= 15 is 0 Å². The first-order valence-corrected chi connectivity index (χ1v) is 8.13. The van der Waals surface area contributed by atoms with Crippen LogP contribution in [0.2, 0.25) is 0 Å². The zero-order valence-corrected chi connectivity index (χ0v) is 15.4. The maximum absolute atomic E-state index is 10.3. The van der Waals surface area contributed by atoms with Gasteiger partial charge >= 0.3 is 0 Å². The highest BCUT2D eigenvalue weighted by molar-refractivity contribution is 5.85. The van der Waals surface area contributed by atoms with Gasteiger partial charge in [0.2, 0.25) is 0 Å². The van der Waals surface area contributed by atoms with Crippen LogP contribution in [0.15, 0.2) is 24.3 Å². The predicted molar refractivity (Wildman–Crippen MR) is 95.8 cm³/mol. The minimum Gasteiger partial charge on any atom is -0.491 e. The molecule has 5 heteroatoms. The fraction of sp³-hybridized carbons (Fsp3) is 0.667. The Labute approximate surface area is 146 Å². The second-order valence-corrected chi connectivity index (χ2v) is 6.97. The van der Waals surface area contributed by atoms with Crippen LogP contribution in [-0.2, 0) is 4.74 Å². The lowest BCUT2D eigenvalue weighted by Gasteiger charge is -2.42. The Bertz CT molecular complexity index is 479. The van der Waals surface area contributed by atoms with Gasteiger partial charge in [-0.15, -0.1) is 12.4 Å². The van der Waals surface area contributed by atoms with Crippen molar-refractivity contribution in [2.75, 3.05) is 32.9 Å². The monoisotopic (exact) mass is 343 g/mol. The van der Waals surface area contributed by atoms with E-state index in [1.165, 1.54) is 5.56 Å². The number of rotatable bonds is 6. The summed E-state index contributed by atoms with van der Waals surface area (Å²) in [5.41, 5.74) is 1.15. The molecule has 1 aromatic rings. The summed E-state index contributed by atoms with van der Waals surface area (Å²) in [6, 6.07) is 8.05. The number of para-hydroxylation sites is 1. The number of aliphatic hydroxyl groups is 1. The highest BCUT2D eigenvalue weighted by Crippen LogP contribution is 2.26. The third-order valence-corrected chi connectivity index (χ3v) is 4.22. The van der Waals surface area contributed by atoms with E-state index in [2.05, 4.69) is 38.7 Å². The lowest BCUT2D eigenvalue weighted by Crippen LogP contribution is -2.55. The summed E-state index contributed by atoms with van der Waals surface area (Å²) in [6.45, 7) is 11.8.